The zero-order chi connectivity index (χ0) is 23.5. The molecule has 1 atom stereocenters. The third-order valence-corrected chi connectivity index (χ3v) is 6.69. The van der Waals surface area contributed by atoms with Crippen LogP contribution in [0.15, 0.2) is 108 Å². The predicted molar refractivity (Wildman–Crippen MR) is 133 cm³/mol. The van der Waals surface area contributed by atoms with Gasteiger partial charge in [-0.3, -0.25) is 9.59 Å². The number of rotatable bonds is 7. The summed E-state index contributed by atoms with van der Waals surface area (Å²) in [5.74, 6) is -0.0875. The summed E-state index contributed by atoms with van der Waals surface area (Å²) in [5.41, 5.74) is 1.17. The molecule has 5 heteroatoms. The standard InChI is InChI=1S/C29H22O4S/c1-32-24-14-12-20(13-15-24)25-18-26(23-16-17-34-19-23)33-29(25,27(30)21-8-4-2-5-9-21)28(31)22-10-6-3-7-11-22/h2-19,26H,1H3. The van der Waals surface area contributed by atoms with Gasteiger partial charge in [-0.25, -0.2) is 0 Å². The number of thiophene rings is 1. The third kappa shape index (κ3) is 3.79. The average molecular weight is 467 g/mol. The van der Waals surface area contributed by atoms with Gasteiger partial charge in [-0.1, -0.05) is 72.8 Å². The summed E-state index contributed by atoms with van der Waals surface area (Å²) in [4.78, 5) is 28.4. The van der Waals surface area contributed by atoms with Gasteiger partial charge in [0.05, 0.1) is 7.11 Å². The first-order chi connectivity index (χ1) is 16.6. The molecule has 0 fully saturated rings. The first-order valence-electron chi connectivity index (χ1n) is 10.9. The van der Waals surface area contributed by atoms with Gasteiger partial charge >= 0.3 is 0 Å². The Morgan fingerprint density at radius 3 is 1.91 bits per heavy atom. The highest BCUT2D eigenvalue weighted by molar-refractivity contribution is 7.08. The van der Waals surface area contributed by atoms with Crippen molar-refractivity contribution in [1.29, 1.82) is 0 Å². The first kappa shape index (κ1) is 22.0. The summed E-state index contributed by atoms with van der Waals surface area (Å²) in [7, 11) is 1.60. The molecule has 3 aromatic carbocycles. The number of ketones is 2. The Labute approximate surface area is 202 Å². The van der Waals surface area contributed by atoms with E-state index in [9.17, 15) is 9.59 Å². The predicted octanol–water partition coefficient (Wildman–Crippen LogP) is 6.42. The van der Waals surface area contributed by atoms with Crippen molar-refractivity contribution in [3.8, 4) is 5.75 Å². The molecule has 168 valence electrons. The number of ether oxygens (including phenoxy) is 2. The molecule has 4 aromatic rings. The summed E-state index contributed by atoms with van der Waals surface area (Å²) in [6.07, 6.45) is 1.36. The van der Waals surface area contributed by atoms with Gasteiger partial charge in [-0.2, -0.15) is 11.3 Å². The Balaban J connectivity index is 1.73. The fourth-order valence-corrected chi connectivity index (χ4v) is 4.95. The van der Waals surface area contributed by atoms with Crippen LogP contribution in [0.1, 0.15) is 37.9 Å². The van der Waals surface area contributed by atoms with E-state index in [0.717, 1.165) is 11.1 Å². The average Bonchev–Trinajstić information content (AvgIpc) is 3.58. The van der Waals surface area contributed by atoms with E-state index < -0.39 is 11.7 Å². The number of carbonyl (C=O) groups excluding carboxylic acids is 2. The Bertz CT molecular complexity index is 1270. The lowest BCUT2D eigenvalue weighted by Gasteiger charge is -2.30. The lowest BCUT2D eigenvalue weighted by atomic mass is 9.77. The highest BCUT2D eigenvalue weighted by atomic mass is 32.1. The van der Waals surface area contributed by atoms with Crippen molar-refractivity contribution in [2.24, 2.45) is 0 Å². The van der Waals surface area contributed by atoms with Crippen molar-refractivity contribution in [2.45, 2.75) is 11.7 Å². The fourth-order valence-electron chi connectivity index (χ4n) is 4.27. The van der Waals surface area contributed by atoms with Crippen molar-refractivity contribution >= 4 is 28.5 Å². The highest BCUT2D eigenvalue weighted by Gasteiger charge is 2.55. The molecular weight excluding hydrogens is 444 g/mol. The van der Waals surface area contributed by atoms with Gasteiger partial charge in [0.15, 0.2) is 0 Å². The summed E-state index contributed by atoms with van der Waals surface area (Å²) in [5, 5.41) is 3.93. The van der Waals surface area contributed by atoms with E-state index in [1.165, 1.54) is 0 Å². The second kappa shape index (κ2) is 9.21. The maximum Gasteiger partial charge on any atom is 0.220 e. The Morgan fingerprint density at radius 1 is 0.824 bits per heavy atom. The molecule has 2 heterocycles. The monoisotopic (exact) mass is 466 g/mol. The van der Waals surface area contributed by atoms with Crippen LogP contribution >= 0.6 is 11.3 Å². The van der Waals surface area contributed by atoms with Gasteiger partial charge in [-0.05, 0) is 46.2 Å². The minimum Gasteiger partial charge on any atom is -0.497 e. The largest absolute Gasteiger partial charge is 0.497 e. The van der Waals surface area contributed by atoms with Crippen molar-refractivity contribution in [2.75, 3.05) is 7.11 Å². The van der Waals surface area contributed by atoms with Crippen LogP contribution in [0.25, 0.3) is 5.57 Å². The number of hydrogen-bond donors (Lipinski definition) is 0. The summed E-state index contributed by atoms with van der Waals surface area (Å²) in [6.45, 7) is 0. The molecule has 0 amide bonds. The molecule has 0 bridgehead atoms. The van der Waals surface area contributed by atoms with Crippen LogP contribution in [0, 0.1) is 0 Å². The van der Waals surface area contributed by atoms with Crippen molar-refractivity contribution in [3.63, 3.8) is 0 Å². The first-order valence-corrected chi connectivity index (χ1v) is 11.8. The van der Waals surface area contributed by atoms with E-state index in [-0.39, 0.29) is 11.6 Å². The van der Waals surface area contributed by atoms with Crippen LogP contribution in [0.5, 0.6) is 5.75 Å². The number of carbonyl (C=O) groups is 2. The van der Waals surface area contributed by atoms with Crippen LogP contribution in [-0.2, 0) is 4.74 Å². The van der Waals surface area contributed by atoms with E-state index in [0.29, 0.717) is 22.4 Å². The molecule has 0 saturated carbocycles. The van der Waals surface area contributed by atoms with Crippen molar-refractivity contribution in [3.05, 3.63) is 130 Å². The molecule has 1 aromatic heterocycles. The topological polar surface area (TPSA) is 52.6 Å². The van der Waals surface area contributed by atoms with E-state index in [1.54, 1.807) is 67.0 Å². The number of methoxy groups -OCH3 is 1. The molecule has 0 N–H and O–H groups in total. The maximum absolute atomic E-state index is 14.2. The van der Waals surface area contributed by atoms with E-state index in [2.05, 4.69) is 0 Å². The van der Waals surface area contributed by atoms with E-state index in [4.69, 9.17) is 9.47 Å². The zero-order valence-electron chi connectivity index (χ0n) is 18.5. The van der Waals surface area contributed by atoms with Crippen molar-refractivity contribution < 1.29 is 19.1 Å². The molecular formula is C29H22O4S. The van der Waals surface area contributed by atoms with Gasteiger partial charge in [0, 0.05) is 16.7 Å². The second-order valence-electron chi connectivity index (χ2n) is 7.98. The second-order valence-corrected chi connectivity index (χ2v) is 8.76. The quantitative estimate of drug-likeness (QED) is 0.233. The SMILES string of the molecule is COc1ccc(C2=CC(c3ccsc3)OC2(C(=O)c2ccccc2)C(=O)c2ccccc2)cc1. The number of Topliss-reactive ketones (excluding diaryl/α,β-unsaturated/α-hetero) is 2. The normalized spacial score (nSPS) is 16.6. The summed E-state index contributed by atoms with van der Waals surface area (Å²) >= 11 is 1.54. The molecule has 1 aliphatic rings. The minimum absolute atomic E-state index is 0.387. The molecule has 4 nitrogen and oxygen atoms in total. The highest BCUT2D eigenvalue weighted by Crippen LogP contribution is 2.48. The van der Waals surface area contributed by atoms with Gasteiger partial charge < -0.3 is 9.47 Å². The van der Waals surface area contributed by atoms with Gasteiger partial charge in [0.25, 0.3) is 0 Å². The molecule has 5 rings (SSSR count). The van der Waals surface area contributed by atoms with Crippen LogP contribution in [0.2, 0.25) is 0 Å². The molecule has 0 saturated heterocycles. The summed E-state index contributed by atoms with van der Waals surface area (Å²) in [6, 6.07) is 27.0. The summed E-state index contributed by atoms with van der Waals surface area (Å²) < 4.78 is 11.8. The van der Waals surface area contributed by atoms with Crippen LogP contribution in [0.3, 0.4) is 0 Å². The third-order valence-electron chi connectivity index (χ3n) is 5.99. The zero-order valence-corrected chi connectivity index (χ0v) is 19.3. The molecule has 0 aliphatic carbocycles. The molecule has 1 unspecified atom stereocenters. The van der Waals surface area contributed by atoms with E-state index >= 15 is 0 Å². The minimum atomic E-state index is -1.83. The molecule has 0 spiro atoms. The molecule has 34 heavy (non-hydrogen) atoms. The fraction of sp³-hybridized carbons (Fsp3) is 0.103. The number of benzene rings is 3. The Kier molecular flexibility index (Phi) is 5.97. The van der Waals surface area contributed by atoms with Gasteiger partial charge in [0.1, 0.15) is 11.9 Å². The van der Waals surface area contributed by atoms with Crippen LogP contribution in [0.4, 0.5) is 0 Å². The van der Waals surface area contributed by atoms with Crippen LogP contribution in [-0.4, -0.2) is 24.3 Å². The molecule has 0 radical (unpaired) electrons. The lowest BCUT2D eigenvalue weighted by Crippen LogP contribution is -2.48. The Hall–Kier alpha value is -3.80. The van der Waals surface area contributed by atoms with Crippen LogP contribution < -0.4 is 4.74 Å². The van der Waals surface area contributed by atoms with Gasteiger partial charge in [-0.15, -0.1) is 0 Å². The maximum atomic E-state index is 14.2. The molecule has 1 aliphatic heterocycles. The van der Waals surface area contributed by atoms with Gasteiger partial charge in [0.2, 0.25) is 17.2 Å². The lowest BCUT2D eigenvalue weighted by molar-refractivity contribution is 0.000526. The Morgan fingerprint density at radius 2 is 1.41 bits per heavy atom. The van der Waals surface area contributed by atoms with Crippen molar-refractivity contribution in [1.82, 2.24) is 0 Å². The number of hydrogen-bond acceptors (Lipinski definition) is 5. The van der Waals surface area contributed by atoms with E-state index in [1.807, 2.05) is 59.3 Å². The smallest absolute Gasteiger partial charge is 0.220 e.